The van der Waals surface area contributed by atoms with Gasteiger partial charge < -0.3 is 4.42 Å². The quantitative estimate of drug-likeness (QED) is 0.432. The van der Waals surface area contributed by atoms with Crippen LogP contribution in [0.15, 0.2) is 56.1 Å². The Morgan fingerprint density at radius 1 is 1.12 bits per heavy atom. The Morgan fingerprint density at radius 2 is 2.08 bits per heavy atom. The zero-order valence-corrected chi connectivity index (χ0v) is 15.3. The van der Waals surface area contributed by atoms with Crippen LogP contribution in [-0.2, 0) is 5.75 Å². The Labute approximate surface area is 151 Å². The summed E-state index contributed by atoms with van der Waals surface area (Å²) in [5.74, 6) is 1.27. The van der Waals surface area contributed by atoms with Crippen molar-refractivity contribution >= 4 is 34.4 Å². The first-order valence-corrected chi connectivity index (χ1v) is 10.1. The molecular weight excluding hydrogens is 358 g/mol. The van der Waals surface area contributed by atoms with Crippen molar-refractivity contribution in [1.82, 2.24) is 15.2 Å². The van der Waals surface area contributed by atoms with Crippen LogP contribution in [0.4, 0.5) is 0 Å². The lowest BCUT2D eigenvalue weighted by Gasteiger charge is -1.96. The van der Waals surface area contributed by atoms with E-state index in [1.54, 1.807) is 22.7 Å². The number of hydrogen-bond donors (Lipinski definition) is 0. The molecule has 1 aromatic carbocycles. The van der Waals surface area contributed by atoms with Crippen molar-refractivity contribution in [1.29, 1.82) is 0 Å². The summed E-state index contributed by atoms with van der Waals surface area (Å²) in [6.45, 7) is 2.04. The molecule has 0 aliphatic heterocycles. The molecule has 0 spiro atoms. The standard InChI is InChI=1S/C17H13N3OS3/c1-11-3-2-4-12(7-11)15-19-20-17(21-15)24-10-14-9-23-16(18-14)13-5-6-22-8-13/h2-9H,10H2,1H3. The molecule has 7 heteroatoms. The minimum Gasteiger partial charge on any atom is -0.411 e. The Balaban J connectivity index is 1.43. The van der Waals surface area contributed by atoms with E-state index in [1.165, 1.54) is 22.9 Å². The van der Waals surface area contributed by atoms with E-state index in [-0.39, 0.29) is 0 Å². The minimum atomic E-state index is 0.554. The summed E-state index contributed by atoms with van der Waals surface area (Å²) in [7, 11) is 0. The second-order valence-electron chi connectivity index (χ2n) is 5.19. The highest BCUT2D eigenvalue weighted by Gasteiger charge is 2.11. The van der Waals surface area contributed by atoms with E-state index < -0.39 is 0 Å². The summed E-state index contributed by atoms with van der Waals surface area (Å²) >= 11 is 4.86. The minimum absolute atomic E-state index is 0.554. The van der Waals surface area contributed by atoms with Gasteiger partial charge in [-0.15, -0.1) is 21.5 Å². The van der Waals surface area contributed by atoms with Crippen molar-refractivity contribution < 1.29 is 4.42 Å². The van der Waals surface area contributed by atoms with Crippen molar-refractivity contribution in [2.24, 2.45) is 0 Å². The monoisotopic (exact) mass is 371 g/mol. The first-order chi connectivity index (χ1) is 11.8. The van der Waals surface area contributed by atoms with Crippen molar-refractivity contribution in [2.45, 2.75) is 17.9 Å². The number of rotatable bonds is 5. The van der Waals surface area contributed by atoms with Crippen LogP contribution in [0.3, 0.4) is 0 Å². The molecule has 120 valence electrons. The summed E-state index contributed by atoms with van der Waals surface area (Å²) in [4.78, 5) is 4.66. The van der Waals surface area contributed by atoms with Crippen molar-refractivity contribution in [2.75, 3.05) is 0 Å². The average molecular weight is 372 g/mol. The maximum Gasteiger partial charge on any atom is 0.277 e. The van der Waals surface area contributed by atoms with Crippen LogP contribution in [-0.4, -0.2) is 15.2 Å². The Bertz CT molecular complexity index is 944. The second-order valence-corrected chi connectivity index (χ2v) is 7.75. The number of aryl methyl sites for hydroxylation is 1. The molecule has 4 rings (SSSR count). The molecule has 0 atom stereocenters. The maximum absolute atomic E-state index is 5.74. The van der Waals surface area contributed by atoms with Crippen molar-refractivity contribution in [3.8, 4) is 22.0 Å². The average Bonchev–Trinajstić information content (AvgIpc) is 3.33. The predicted octanol–water partition coefficient (Wildman–Crippen LogP) is 5.52. The summed E-state index contributed by atoms with van der Waals surface area (Å²) in [6, 6.07) is 10.1. The fraction of sp³-hybridized carbons (Fsp3) is 0.118. The first kappa shape index (κ1) is 15.6. The zero-order valence-electron chi connectivity index (χ0n) is 12.8. The van der Waals surface area contributed by atoms with Gasteiger partial charge >= 0.3 is 0 Å². The molecule has 0 saturated heterocycles. The van der Waals surface area contributed by atoms with Crippen LogP contribution in [0.2, 0.25) is 0 Å². The van der Waals surface area contributed by atoms with E-state index in [0.717, 1.165) is 22.0 Å². The molecule has 0 aliphatic rings. The molecule has 0 bridgehead atoms. The van der Waals surface area contributed by atoms with Crippen LogP contribution in [0.25, 0.3) is 22.0 Å². The number of aromatic nitrogens is 3. The van der Waals surface area contributed by atoms with E-state index in [0.29, 0.717) is 11.1 Å². The van der Waals surface area contributed by atoms with Crippen LogP contribution in [0, 0.1) is 6.92 Å². The van der Waals surface area contributed by atoms with E-state index in [9.17, 15) is 0 Å². The molecule has 4 aromatic rings. The van der Waals surface area contributed by atoms with E-state index in [2.05, 4.69) is 37.4 Å². The molecule has 0 aliphatic carbocycles. The van der Waals surface area contributed by atoms with Gasteiger partial charge in [0.15, 0.2) is 0 Å². The lowest BCUT2D eigenvalue weighted by Crippen LogP contribution is -1.81. The third-order valence-corrected chi connectivity index (χ3v) is 5.81. The van der Waals surface area contributed by atoms with Gasteiger partial charge in [0.25, 0.3) is 5.22 Å². The fourth-order valence-electron chi connectivity index (χ4n) is 2.19. The van der Waals surface area contributed by atoms with Gasteiger partial charge in [-0.2, -0.15) is 11.3 Å². The van der Waals surface area contributed by atoms with Crippen molar-refractivity contribution in [3.63, 3.8) is 0 Å². The number of thiazole rings is 1. The molecule has 0 saturated carbocycles. The molecule has 0 N–H and O–H groups in total. The molecular formula is C17H13N3OS3. The van der Waals surface area contributed by atoms with Crippen LogP contribution >= 0.6 is 34.4 Å². The fourth-order valence-corrected chi connectivity index (χ4v) is 4.48. The second kappa shape index (κ2) is 6.88. The highest BCUT2D eigenvalue weighted by molar-refractivity contribution is 7.98. The first-order valence-electron chi connectivity index (χ1n) is 7.28. The summed E-state index contributed by atoms with van der Waals surface area (Å²) < 4.78 is 5.74. The van der Waals surface area contributed by atoms with Crippen LogP contribution in [0.1, 0.15) is 11.3 Å². The molecule has 0 fully saturated rings. The predicted molar refractivity (Wildman–Crippen MR) is 99.5 cm³/mol. The Morgan fingerprint density at radius 3 is 2.92 bits per heavy atom. The van der Waals surface area contributed by atoms with E-state index in [4.69, 9.17) is 4.42 Å². The van der Waals surface area contributed by atoms with E-state index in [1.807, 2.05) is 31.2 Å². The summed E-state index contributed by atoms with van der Waals surface area (Å²) in [5, 5.41) is 16.1. The lowest BCUT2D eigenvalue weighted by atomic mass is 10.1. The third-order valence-electron chi connectivity index (χ3n) is 3.33. The zero-order chi connectivity index (χ0) is 16.4. The molecule has 4 nitrogen and oxygen atoms in total. The number of benzene rings is 1. The topological polar surface area (TPSA) is 51.8 Å². The number of thioether (sulfide) groups is 1. The smallest absolute Gasteiger partial charge is 0.277 e. The van der Waals surface area contributed by atoms with Crippen LogP contribution < -0.4 is 0 Å². The highest BCUT2D eigenvalue weighted by atomic mass is 32.2. The van der Waals surface area contributed by atoms with Gasteiger partial charge in [0.1, 0.15) is 5.01 Å². The Hall–Kier alpha value is -1.96. The van der Waals surface area contributed by atoms with Gasteiger partial charge in [0.2, 0.25) is 5.89 Å². The van der Waals surface area contributed by atoms with E-state index >= 15 is 0 Å². The molecule has 24 heavy (non-hydrogen) atoms. The molecule has 0 radical (unpaired) electrons. The summed E-state index contributed by atoms with van der Waals surface area (Å²) in [5.41, 5.74) is 4.33. The third kappa shape index (κ3) is 3.43. The van der Waals surface area contributed by atoms with Gasteiger partial charge in [0, 0.05) is 27.6 Å². The number of thiophene rings is 1. The van der Waals surface area contributed by atoms with Crippen LogP contribution in [0.5, 0.6) is 0 Å². The molecule has 0 unspecified atom stereocenters. The van der Waals surface area contributed by atoms with Gasteiger partial charge in [-0.05, 0) is 30.5 Å². The van der Waals surface area contributed by atoms with Gasteiger partial charge in [0.05, 0.1) is 5.69 Å². The maximum atomic E-state index is 5.74. The lowest BCUT2D eigenvalue weighted by molar-refractivity contribution is 0.466. The normalized spacial score (nSPS) is 11.0. The van der Waals surface area contributed by atoms with Gasteiger partial charge in [-0.1, -0.05) is 29.5 Å². The number of nitrogens with zero attached hydrogens (tertiary/aromatic N) is 3. The highest BCUT2D eigenvalue weighted by Crippen LogP contribution is 2.29. The van der Waals surface area contributed by atoms with Gasteiger partial charge in [-0.3, -0.25) is 0 Å². The largest absolute Gasteiger partial charge is 0.411 e. The number of hydrogen-bond acceptors (Lipinski definition) is 7. The molecule has 3 aromatic heterocycles. The Kier molecular flexibility index (Phi) is 4.46. The van der Waals surface area contributed by atoms with Crippen molar-refractivity contribution in [3.05, 3.63) is 57.7 Å². The molecule has 3 heterocycles. The molecule has 0 amide bonds. The SMILES string of the molecule is Cc1cccc(-c2nnc(SCc3csc(-c4ccsc4)n3)o2)c1. The van der Waals surface area contributed by atoms with Gasteiger partial charge in [-0.25, -0.2) is 4.98 Å². The summed E-state index contributed by atoms with van der Waals surface area (Å²) in [6.07, 6.45) is 0.